The van der Waals surface area contributed by atoms with E-state index in [-0.39, 0.29) is 17.9 Å². The van der Waals surface area contributed by atoms with Gasteiger partial charge in [-0.25, -0.2) is 8.78 Å². The second-order valence-corrected chi connectivity index (χ2v) is 3.68. The molecule has 90 valence electrons. The minimum atomic E-state index is -0.513. The van der Waals surface area contributed by atoms with E-state index in [2.05, 4.69) is 0 Å². The van der Waals surface area contributed by atoms with E-state index in [4.69, 9.17) is 10.00 Å². The minimum absolute atomic E-state index is 0.00731. The van der Waals surface area contributed by atoms with Gasteiger partial charge in [-0.15, -0.1) is 0 Å². The van der Waals surface area contributed by atoms with Crippen LogP contribution in [0.15, 0.2) is 42.5 Å². The molecule has 4 heteroatoms. The molecule has 0 atom stereocenters. The van der Waals surface area contributed by atoms with Crippen LogP contribution in [-0.4, -0.2) is 0 Å². The number of para-hydroxylation sites is 1. The van der Waals surface area contributed by atoms with Gasteiger partial charge in [-0.3, -0.25) is 0 Å². The van der Waals surface area contributed by atoms with Gasteiger partial charge in [0.25, 0.3) is 0 Å². The normalized spacial score (nSPS) is 9.83. The lowest BCUT2D eigenvalue weighted by atomic mass is 10.1. The molecule has 2 rings (SSSR count). The maximum Gasteiger partial charge on any atom is 0.165 e. The SMILES string of the molecule is N#Cc1cc(F)cc(COc2ccccc2F)c1. The van der Waals surface area contributed by atoms with Crippen LogP contribution in [0.1, 0.15) is 11.1 Å². The predicted octanol–water partition coefficient (Wildman–Crippen LogP) is 3.42. The fourth-order valence-electron chi connectivity index (χ4n) is 1.52. The van der Waals surface area contributed by atoms with E-state index in [1.165, 1.54) is 24.3 Å². The third-order valence-electron chi connectivity index (χ3n) is 2.32. The highest BCUT2D eigenvalue weighted by Crippen LogP contribution is 2.18. The Morgan fingerprint density at radius 1 is 1.11 bits per heavy atom. The third-order valence-corrected chi connectivity index (χ3v) is 2.32. The molecule has 0 unspecified atom stereocenters. The summed E-state index contributed by atoms with van der Waals surface area (Å²) in [4.78, 5) is 0. The lowest BCUT2D eigenvalue weighted by molar-refractivity contribution is 0.290. The molecule has 0 spiro atoms. The van der Waals surface area contributed by atoms with E-state index in [0.717, 1.165) is 6.07 Å². The maximum atomic E-state index is 13.3. The van der Waals surface area contributed by atoms with Crippen LogP contribution in [-0.2, 0) is 6.61 Å². The number of halogens is 2. The summed E-state index contributed by atoms with van der Waals surface area (Å²) >= 11 is 0. The van der Waals surface area contributed by atoms with E-state index < -0.39 is 11.6 Å². The number of nitriles is 1. The molecule has 0 saturated carbocycles. The second kappa shape index (κ2) is 5.28. The summed E-state index contributed by atoms with van der Waals surface area (Å²) in [5.74, 6) is -0.893. The lowest BCUT2D eigenvalue weighted by Gasteiger charge is -2.07. The Labute approximate surface area is 103 Å². The number of hydrogen-bond acceptors (Lipinski definition) is 2. The van der Waals surface area contributed by atoms with Crippen molar-refractivity contribution >= 4 is 0 Å². The number of ether oxygens (including phenoxy) is 1. The number of hydrogen-bond donors (Lipinski definition) is 0. The molecule has 0 aliphatic rings. The number of benzene rings is 2. The molecule has 0 aromatic heterocycles. The molecule has 18 heavy (non-hydrogen) atoms. The molecule has 0 aliphatic heterocycles. The van der Waals surface area contributed by atoms with Crippen molar-refractivity contribution in [2.75, 3.05) is 0 Å². The van der Waals surface area contributed by atoms with Gasteiger partial charge in [0.1, 0.15) is 12.4 Å². The summed E-state index contributed by atoms with van der Waals surface area (Å²) in [5.41, 5.74) is 0.692. The summed E-state index contributed by atoms with van der Waals surface area (Å²) < 4.78 is 31.6. The van der Waals surface area contributed by atoms with E-state index in [0.29, 0.717) is 5.56 Å². The molecule has 0 bridgehead atoms. The van der Waals surface area contributed by atoms with Crippen LogP contribution in [0.5, 0.6) is 5.75 Å². The third kappa shape index (κ3) is 2.83. The molecular formula is C14H9F2NO. The van der Waals surface area contributed by atoms with E-state index >= 15 is 0 Å². The lowest BCUT2D eigenvalue weighted by Crippen LogP contribution is -1.98. The van der Waals surface area contributed by atoms with Crippen LogP contribution in [0.4, 0.5) is 8.78 Å². The Kier molecular flexibility index (Phi) is 3.54. The van der Waals surface area contributed by atoms with Crippen LogP contribution < -0.4 is 4.74 Å². The van der Waals surface area contributed by atoms with Crippen molar-refractivity contribution in [3.8, 4) is 11.8 Å². The first-order valence-corrected chi connectivity index (χ1v) is 5.26. The van der Waals surface area contributed by atoms with Crippen molar-refractivity contribution in [2.24, 2.45) is 0 Å². The first kappa shape index (κ1) is 12.1. The van der Waals surface area contributed by atoms with Gasteiger partial charge in [-0.1, -0.05) is 12.1 Å². The molecule has 2 aromatic rings. The van der Waals surface area contributed by atoms with Gasteiger partial charge in [0.15, 0.2) is 11.6 Å². The zero-order valence-electron chi connectivity index (χ0n) is 9.36. The molecule has 0 aliphatic carbocycles. The molecule has 0 heterocycles. The summed E-state index contributed by atoms with van der Waals surface area (Å²) in [7, 11) is 0. The Hall–Kier alpha value is -2.41. The second-order valence-electron chi connectivity index (χ2n) is 3.68. The van der Waals surface area contributed by atoms with Crippen LogP contribution in [0.25, 0.3) is 0 Å². The zero-order chi connectivity index (χ0) is 13.0. The average molecular weight is 245 g/mol. The van der Waals surface area contributed by atoms with E-state index in [9.17, 15) is 8.78 Å². The monoisotopic (exact) mass is 245 g/mol. The summed E-state index contributed by atoms with van der Waals surface area (Å²) in [5, 5.41) is 8.70. The van der Waals surface area contributed by atoms with Gasteiger partial charge < -0.3 is 4.74 Å². The molecule has 2 nitrogen and oxygen atoms in total. The average Bonchev–Trinajstić information content (AvgIpc) is 2.37. The first-order valence-electron chi connectivity index (χ1n) is 5.26. The quantitative estimate of drug-likeness (QED) is 0.830. The minimum Gasteiger partial charge on any atom is -0.486 e. The van der Waals surface area contributed by atoms with Crippen molar-refractivity contribution in [1.29, 1.82) is 5.26 Å². The topological polar surface area (TPSA) is 33.0 Å². The van der Waals surface area contributed by atoms with Gasteiger partial charge in [-0.2, -0.15) is 5.26 Å². The smallest absolute Gasteiger partial charge is 0.165 e. The standard InChI is InChI=1S/C14H9F2NO/c15-12-6-10(8-17)5-11(7-12)9-18-14-4-2-1-3-13(14)16/h1-7H,9H2. The fraction of sp³-hybridized carbons (Fsp3) is 0.0714. The Morgan fingerprint density at radius 2 is 1.89 bits per heavy atom. The molecule has 0 N–H and O–H groups in total. The summed E-state index contributed by atoms with van der Waals surface area (Å²) in [6, 6.07) is 11.7. The predicted molar refractivity (Wildman–Crippen MR) is 61.8 cm³/mol. The van der Waals surface area contributed by atoms with Crippen molar-refractivity contribution in [3.63, 3.8) is 0 Å². The van der Waals surface area contributed by atoms with Crippen LogP contribution in [0.2, 0.25) is 0 Å². The van der Waals surface area contributed by atoms with Gasteiger partial charge in [0.05, 0.1) is 11.6 Å². The maximum absolute atomic E-state index is 13.3. The van der Waals surface area contributed by atoms with Gasteiger partial charge in [-0.05, 0) is 35.9 Å². The molecule has 0 radical (unpaired) electrons. The highest BCUT2D eigenvalue weighted by molar-refractivity contribution is 5.33. The first-order chi connectivity index (χ1) is 8.69. The van der Waals surface area contributed by atoms with E-state index in [1.54, 1.807) is 12.1 Å². The highest BCUT2D eigenvalue weighted by atomic mass is 19.1. The van der Waals surface area contributed by atoms with Crippen molar-refractivity contribution in [2.45, 2.75) is 6.61 Å². The van der Waals surface area contributed by atoms with Crippen molar-refractivity contribution in [1.82, 2.24) is 0 Å². The number of nitrogens with zero attached hydrogens (tertiary/aromatic N) is 1. The summed E-state index contributed by atoms with van der Waals surface area (Å²) in [6.07, 6.45) is 0. The molecule has 0 amide bonds. The largest absolute Gasteiger partial charge is 0.486 e. The molecule has 0 saturated heterocycles. The van der Waals surface area contributed by atoms with Crippen molar-refractivity contribution < 1.29 is 13.5 Å². The molecular weight excluding hydrogens is 236 g/mol. The zero-order valence-corrected chi connectivity index (χ0v) is 9.36. The Balaban J connectivity index is 2.14. The van der Waals surface area contributed by atoms with E-state index in [1.807, 2.05) is 6.07 Å². The molecule has 0 fully saturated rings. The van der Waals surface area contributed by atoms with Crippen molar-refractivity contribution in [3.05, 3.63) is 65.2 Å². The van der Waals surface area contributed by atoms with Crippen LogP contribution in [0, 0.1) is 23.0 Å². The number of rotatable bonds is 3. The summed E-state index contributed by atoms with van der Waals surface area (Å²) in [6.45, 7) is 0.00731. The van der Waals surface area contributed by atoms with Gasteiger partial charge in [0.2, 0.25) is 0 Å². The van der Waals surface area contributed by atoms with Crippen LogP contribution >= 0.6 is 0 Å². The molecule has 2 aromatic carbocycles. The van der Waals surface area contributed by atoms with Gasteiger partial charge in [0, 0.05) is 0 Å². The highest BCUT2D eigenvalue weighted by Gasteiger charge is 2.04. The Bertz CT molecular complexity index is 605. The Morgan fingerprint density at radius 3 is 2.61 bits per heavy atom. The van der Waals surface area contributed by atoms with Crippen LogP contribution in [0.3, 0.4) is 0 Å². The fourth-order valence-corrected chi connectivity index (χ4v) is 1.52. The van der Waals surface area contributed by atoms with Gasteiger partial charge >= 0.3 is 0 Å².